The number of rotatable bonds is 9. The van der Waals surface area contributed by atoms with Crippen molar-refractivity contribution in [1.82, 2.24) is 5.32 Å². The van der Waals surface area contributed by atoms with Gasteiger partial charge in [-0.05, 0) is 99.9 Å². The average Bonchev–Trinajstić information content (AvgIpc) is 3.22. The number of hydrogen-bond acceptors (Lipinski definition) is 7. The number of ketones is 2. The van der Waals surface area contributed by atoms with Crippen molar-refractivity contribution in [2.24, 2.45) is 28.6 Å². The molecular formula is C33H47NO7. The van der Waals surface area contributed by atoms with Crippen LogP contribution in [-0.2, 0) is 23.9 Å². The Kier molecular flexibility index (Phi) is 8.64. The lowest BCUT2D eigenvalue weighted by molar-refractivity contribution is -0.184. The molecule has 0 heterocycles. The van der Waals surface area contributed by atoms with Crippen molar-refractivity contribution in [2.75, 3.05) is 13.2 Å². The van der Waals surface area contributed by atoms with Crippen LogP contribution in [0.3, 0.4) is 0 Å². The molecule has 0 bridgehead atoms. The first-order valence-corrected chi connectivity index (χ1v) is 15.8. The molecular weight excluding hydrogens is 522 g/mol. The molecule has 0 aromatic carbocycles. The molecule has 1 amide bonds. The minimum absolute atomic E-state index is 0.00510. The number of fused-ring (bicyclic) bond motifs is 5. The standard InChI is InChI=1S/C33H47NO7/c1-31-15-12-23(35)18-22(31)8-9-24-25-13-16-33(40,32(25,2)19-26(36)30(24)31)27(37)20-41-29(39)11-10-28(38)34-17-14-21-6-4-3-5-7-21/h6,18,24-26,30,36,40H,3-5,7-17,19-20H2,1-2H3,(H,34,38)/t24-,25-,26-,30-,31-,32-,33-/m0/s1. The van der Waals surface area contributed by atoms with E-state index in [1.54, 1.807) is 6.08 Å². The van der Waals surface area contributed by atoms with Crippen LogP contribution in [0.5, 0.6) is 0 Å². The SMILES string of the molecule is C[C@]12CCC(=O)C=C1CC[C@@H]1[C@H]2[C@@H](O)C[C@@]2(C)[C@H]1CC[C@]2(O)C(=O)COC(=O)CCC(=O)NCCC1=CCCCC1. The zero-order valence-corrected chi connectivity index (χ0v) is 24.7. The first-order chi connectivity index (χ1) is 19.5. The maximum atomic E-state index is 13.4. The third-order valence-electron chi connectivity index (χ3n) is 11.6. The first-order valence-electron chi connectivity index (χ1n) is 15.8. The van der Waals surface area contributed by atoms with Crippen LogP contribution in [0.25, 0.3) is 0 Å². The third kappa shape index (κ3) is 5.58. The Hall–Kier alpha value is -2.32. The molecule has 0 aromatic heterocycles. The first kappa shape index (κ1) is 30.1. The number of ether oxygens (including phenoxy) is 1. The van der Waals surface area contributed by atoms with Gasteiger partial charge in [-0.25, -0.2) is 0 Å². The van der Waals surface area contributed by atoms with Gasteiger partial charge in [-0.15, -0.1) is 0 Å². The fourth-order valence-electron chi connectivity index (χ4n) is 9.29. The molecule has 0 radical (unpaired) electrons. The Morgan fingerprint density at radius 2 is 1.88 bits per heavy atom. The number of carbonyl (C=O) groups excluding carboxylic acids is 4. The van der Waals surface area contributed by atoms with Gasteiger partial charge in [0.05, 0.1) is 12.5 Å². The number of esters is 1. The molecule has 0 spiro atoms. The number of aliphatic hydroxyl groups excluding tert-OH is 1. The zero-order chi connectivity index (χ0) is 29.4. The molecule has 226 valence electrons. The predicted octanol–water partition coefficient (Wildman–Crippen LogP) is 4.12. The van der Waals surface area contributed by atoms with Crippen LogP contribution in [0.1, 0.15) is 104 Å². The Morgan fingerprint density at radius 1 is 1.07 bits per heavy atom. The van der Waals surface area contributed by atoms with Crippen LogP contribution in [0, 0.1) is 28.6 Å². The molecule has 3 N–H and O–H groups in total. The lowest BCUT2D eigenvalue weighted by Gasteiger charge is -2.60. The summed E-state index contributed by atoms with van der Waals surface area (Å²) in [4.78, 5) is 50.1. The van der Waals surface area contributed by atoms with Gasteiger partial charge in [0.15, 0.2) is 12.4 Å². The van der Waals surface area contributed by atoms with Gasteiger partial charge in [-0.3, -0.25) is 19.2 Å². The molecule has 0 aliphatic heterocycles. The molecule has 3 fully saturated rings. The summed E-state index contributed by atoms with van der Waals surface area (Å²) >= 11 is 0. The van der Waals surface area contributed by atoms with Crippen molar-refractivity contribution in [1.29, 1.82) is 0 Å². The van der Waals surface area contributed by atoms with Crippen molar-refractivity contribution in [3.05, 3.63) is 23.3 Å². The molecule has 8 nitrogen and oxygen atoms in total. The molecule has 3 saturated carbocycles. The lowest BCUT2D eigenvalue weighted by atomic mass is 9.45. The number of nitrogens with one attached hydrogen (secondary N) is 1. The van der Waals surface area contributed by atoms with Gasteiger partial charge >= 0.3 is 5.97 Å². The molecule has 0 saturated heterocycles. The van der Waals surface area contributed by atoms with Gasteiger partial charge < -0.3 is 20.3 Å². The summed E-state index contributed by atoms with van der Waals surface area (Å²) in [6, 6.07) is 0. The lowest BCUT2D eigenvalue weighted by Crippen LogP contribution is -2.62. The predicted molar refractivity (Wildman–Crippen MR) is 152 cm³/mol. The monoisotopic (exact) mass is 569 g/mol. The maximum Gasteiger partial charge on any atom is 0.306 e. The minimum atomic E-state index is -1.69. The number of carbonyl (C=O) groups is 4. The van der Waals surface area contributed by atoms with E-state index in [1.807, 2.05) is 6.92 Å². The highest BCUT2D eigenvalue weighted by Crippen LogP contribution is 2.67. The largest absolute Gasteiger partial charge is 0.458 e. The van der Waals surface area contributed by atoms with Crippen LogP contribution in [0.15, 0.2) is 23.3 Å². The second-order valence-corrected chi connectivity index (χ2v) is 13.8. The van der Waals surface area contributed by atoms with E-state index in [-0.39, 0.29) is 54.1 Å². The summed E-state index contributed by atoms with van der Waals surface area (Å²) in [5.41, 5.74) is -0.233. The van der Waals surface area contributed by atoms with Crippen LogP contribution in [-0.4, -0.2) is 58.5 Å². The minimum Gasteiger partial charge on any atom is -0.458 e. The number of allylic oxidation sites excluding steroid dienone is 2. The fourth-order valence-corrected chi connectivity index (χ4v) is 9.29. The highest BCUT2D eigenvalue weighted by molar-refractivity contribution is 5.92. The van der Waals surface area contributed by atoms with Crippen LogP contribution in [0.2, 0.25) is 0 Å². The number of amides is 1. The molecule has 5 aliphatic rings. The van der Waals surface area contributed by atoms with Crippen molar-refractivity contribution >= 4 is 23.4 Å². The van der Waals surface area contributed by atoms with Gasteiger partial charge in [0.2, 0.25) is 11.7 Å². The highest BCUT2D eigenvalue weighted by atomic mass is 16.5. The number of hydrogen-bond donors (Lipinski definition) is 3. The fraction of sp³-hybridized carbons (Fsp3) is 0.758. The zero-order valence-electron chi connectivity index (χ0n) is 24.7. The van der Waals surface area contributed by atoms with Crippen molar-refractivity contribution < 1.29 is 34.1 Å². The Morgan fingerprint density at radius 3 is 2.63 bits per heavy atom. The van der Waals surface area contributed by atoms with Gasteiger partial charge in [0, 0.05) is 24.8 Å². The Labute approximate surface area is 243 Å². The average molecular weight is 570 g/mol. The summed E-state index contributed by atoms with van der Waals surface area (Å²) in [5.74, 6) is -1.02. The van der Waals surface area contributed by atoms with Gasteiger partial charge in [-0.1, -0.05) is 31.1 Å². The van der Waals surface area contributed by atoms with E-state index < -0.39 is 35.5 Å². The summed E-state index contributed by atoms with van der Waals surface area (Å²) in [6.45, 7) is 4.10. The Bertz CT molecular complexity index is 1140. The van der Waals surface area contributed by atoms with Crippen molar-refractivity contribution in [3.8, 4) is 0 Å². The number of Topliss-reactive ketones (excluding diaryl/α,β-unsaturated/α-hetero) is 1. The second kappa shape index (κ2) is 11.8. The molecule has 5 rings (SSSR count). The van der Waals surface area contributed by atoms with E-state index in [9.17, 15) is 29.4 Å². The number of aliphatic hydroxyl groups is 2. The smallest absolute Gasteiger partial charge is 0.306 e. The van der Waals surface area contributed by atoms with Crippen LogP contribution >= 0.6 is 0 Å². The maximum absolute atomic E-state index is 13.4. The molecule has 8 heteroatoms. The molecule has 41 heavy (non-hydrogen) atoms. The van der Waals surface area contributed by atoms with Gasteiger partial charge in [-0.2, -0.15) is 0 Å². The third-order valence-corrected chi connectivity index (χ3v) is 11.6. The summed E-state index contributed by atoms with van der Waals surface area (Å²) in [5, 5.41) is 26.2. The van der Waals surface area contributed by atoms with Gasteiger partial charge in [0.1, 0.15) is 5.60 Å². The van der Waals surface area contributed by atoms with Crippen molar-refractivity contribution in [3.63, 3.8) is 0 Å². The molecule has 7 atom stereocenters. The summed E-state index contributed by atoms with van der Waals surface area (Å²) in [7, 11) is 0. The van der Waals surface area contributed by atoms with Gasteiger partial charge in [0.25, 0.3) is 0 Å². The van der Waals surface area contributed by atoms with E-state index in [2.05, 4.69) is 18.3 Å². The quantitative estimate of drug-likeness (QED) is 0.281. The van der Waals surface area contributed by atoms with E-state index in [1.165, 1.54) is 18.4 Å². The van der Waals surface area contributed by atoms with E-state index in [0.29, 0.717) is 25.8 Å². The highest BCUT2D eigenvalue weighted by Gasteiger charge is 2.68. The van der Waals surface area contributed by atoms with E-state index in [0.717, 1.165) is 44.1 Å². The van der Waals surface area contributed by atoms with Crippen LogP contribution < -0.4 is 5.32 Å². The van der Waals surface area contributed by atoms with Crippen LogP contribution in [0.4, 0.5) is 0 Å². The summed E-state index contributed by atoms with van der Waals surface area (Å²) in [6.07, 6.45) is 12.7. The normalized spacial score (nSPS) is 38.1. The topological polar surface area (TPSA) is 130 Å². The van der Waals surface area contributed by atoms with Crippen molar-refractivity contribution in [2.45, 2.75) is 115 Å². The molecule has 0 unspecified atom stereocenters. The van der Waals surface area contributed by atoms with E-state index in [4.69, 9.17) is 4.74 Å². The van der Waals surface area contributed by atoms with E-state index >= 15 is 0 Å². The second-order valence-electron chi connectivity index (χ2n) is 13.8. The summed E-state index contributed by atoms with van der Waals surface area (Å²) < 4.78 is 5.25. The Balaban J connectivity index is 1.14. The molecule has 0 aromatic rings. The molecule has 5 aliphatic carbocycles.